The number of nitrogens with zero attached hydrogens (tertiary/aromatic N) is 1. The van der Waals surface area contributed by atoms with Crippen molar-refractivity contribution >= 4 is 29.3 Å². The zero-order chi connectivity index (χ0) is 16.0. The summed E-state index contributed by atoms with van der Waals surface area (Å²) in [5.74, 6) is -1.19. The number of likely N-dealkylation sites (N-methyl/N-ethyl adjacent to an activating group) is 1. The molecule has 1 atom stereocenters. The van der Waals surface area contributed by atoms with E-state index in [0.717, 1.165) is 6.07 Å². The molecule has 0 spiro atoms. The summed E-state index contributed by atoms with van der Waals surface area (Å²) < 4.78 is 4.98. The molecule has 0 unspecified atom stereocenters. The van der Waals surface area contributed by atoms with E-state index in [9.17, 15) is 19.7 Å². The average Bonchev–Trinajstić information content (AvgIpc) is 2.46. The fraction of sp³-hybridized carbons (Fsp3) is 0.385. The van der Waals surface area contributed by atoms with Crippen LogP contribution >= 0.6 is 11.8 Å². The topological polar surface area (TPSA) is 98.5 Å². The van der Waals surface area contributed by atoms with Crippen LogP contribution in [0, 0.1) is 10.1 Å². The van der Waals surface area contributed by atoms with Crippen LogP contribution in [0.2, 0.25) is 0 Å². The number of carbonyl (C=O) groups excluding carboxylic acids is 2. The van der Waals surface area contributed by atoms with Gasteiger partial charge in [0.2, 0.25) is 0 Å². The van der Waals surface area contributed by atoms with Gasteiger partial charge in [0.05, 0.1) is 15.4 Å². The molecule has 0 aliphatic heterocycles. The Kier molecular flexibility index (Phi) is 6.16. The number of ether oxygens (including phenoxy) is 1. The summed E-state index contributed by atoms with van der Waals surface area (Å²) >= 11 is 1.21. The molecule has 0 aromatic heterocycles. The van der Waals surface area contributed by atoms with Crippen LogP contribution in [0.5, 0.6) is 0 Å². The molecular formula is C13H16N2O5S. The van der Waals surface area contributed by atoms with Gasteiger partial charge in [0.25, 0.3) is 11.6 Å². The van der Waals surface area contributed by atoms with E-state index in [2.05, 4.69) is 5.32 Å². The second-order valence-electron chi connectivity index (χ2n) is 4.09. The molecule has 1 amide bonds. The molecule has 0 saturated carbocycles. The van der Waals surface area contributed by atoms with Gasteiger partial charge >= 0.3 is 5.97 Å². The van der Waals surface area contributed by atoms with Crippen molar-refractivity contribution in [3.05, 3.63) is 33.9 Å². The molecule has 0 radical (unpaired) electrons. The van der Waals surface area contributed by atoms with Crippen LogP contribution in [0.25, 0.3) is 0 Å². The Morgan fingerprint density at radius 1 is 1.48 bits per heavy atom. The fourth-order valence-corrected chi connectivity index (χ4v) is 2.11. The first-order chi connectivity index (χ1) is 9.90. The number of nitro benzene ring substituents is 1. The number of nitro groups is 1. The van der Waals surface area contributed by atoms with E-state index in [1.54, 1.807) is 13.2 Å². The quantitative estimate of drug-likeness (QED) is 0.373. The lowest BCUT2D eigenvalue weighted by atomic mass is 10.2. The monoisotopic (exact) mass is 312 g/mol. The molecule has 0 bridgehead atoms. The van der Waals surface area contributed by atoms with Gasteiger partial charge in [-0.15, -0.1) is 11.8 Å². The third kappa shape index (κ3) is 4.45. The molecule has 1 N–H and O–H groups in total. The Hall–Kier alpha value is -2.09. The van der Waals surface area contributed by atoms with E-state index in [1.807, 2.05) is 0 Å². The minimum Gasteiger partial charge on any atom is -0.449 e. The summed E-state index contributed by atoms with van der Waals surface area (Å²) in [4.78, 5) is 34.2. The highest BCUT2D eigenvalue weighted by Crippen LogP contribution is 2.28. The van der Waals surface area contributed by atoms with Gasteiger partial charge in [-0.05, 0) is 32.2 Å². The van der Waals surface area contributed by atoms with Crippen molar-refractivity contribution in [2.24, 2.45) is 0 Å². The van der Waals surface area contributed by atoms with E-state index in [4.69, 9.17) is 4.74 Å². The number of esters is 1. The van der Waals surface area contributed by atoms with Crippen LogP contribution in [-0.4, -0.2) is 35.7 Å². The second kappa shape index (κ2) is 7.63. The molecule has 0 aliphatic rings. The summed E-state index contributed by atoms with van der Waals surface area (Å²) in [6.07, 6.45) is 0.744. The fourth-order valence-electron chi connectivity index (χ4n) is 1.56. The lowest BCUT2D eigenvalue weighted by Crippen LogP contribution is -2.35. The minimum absolute atomic E-state index is 0.0376. The SMILES string of the molecule is CCNC(=O)[C@@H](C)OC(=O)c1ccc(SC)c([N+](=O)[O-])c1. The van der Waals surface area contributed by atoms with E-state index in [1.165, 1.54) is 30.8 Å². The zero-order valence-electron chi connectivity index (χ0n) is 11.9. The predicted molar refractivity (Wildman–Crippen MR) is 78.4 cm³/mol. The van der Waals surface area contributed by atoms with Gasteiger partial charge in [0.15, 0.2) is 6.10 Å². The van der Waals surface area contributed by atoms with Crippen molar-refractivity contribution in [1.82, 2.24) is 5.32 Å². The number of thioether (sulfide) groups is 1. The first-order valence-corrected chi connectivity index (χ1v) is 7.44. The van der Waals surface area contributed by atoms with Gasteiger partial charge in [-0.2, -0.15) is 0 Å². The van der Waals surface area contributed by atoms with Crippen LogP contribution in [-0.2, 0) is 9.53 Å². The number of hydrogen-bond donors (Lipinski definition) is 1. The maximum atomic E-state index is 11.9. The van der Waals surface area contributed by atoms with Crippen molar-refractivity contribution in [3.8, 4) is 0 Å². The molecule has 1 rings (SSSR count). The van der Waals surface area contributed by atoms with E-state index >= 15 is 0 Å². The third-order valence-electron chi connectivity index (χ3n) is 2.62. The van der Waals surface area contributed by atoms with Gasteiger partial charge in [-0.3, -0.25) is 14.9 Å². The average molecular weight is 312 g/mol. The molecule has 1 aromatic rings. The van der Waals surface area contributed by atoms with E-state index in [0.29, 0.717) is 11.4 Å². The molecular weight excluding hydrogens is 296 g/mol. The molecule has 8 heteroatoms. The van der Waals surface area contributed by atoms with Crippen LogP contribution in [0.3, 0.4) is 0 Å². The van der Waals surface area contributed by atoms with Crippen LogP contribution in [0.1, 0.15) is 24.2 Å². The highest BCUT2D eigenvalue weighted by molar-refractivity contribution is 7.98. The number of hydrogen-bond acceptors (Lipinski definition) is 6. The molecule has 114 valence electrons. The number of carbonyl (C=O) groups is 2. The van der Waals surface area contributed by atoms with Crippen LogP contribution < -0.4 is 5.32 Å². The van der Waals surface area contributed by atoms with Crippen molar-refractivity contribution in [3.63, 3.8) is 0 Å². The van der Waals surface area contributed by atoms with Gasteiger partial charge in [-0.25, -0.2) is 4.79 Å². The Morgan fingerprint density at radius 3 is 2.67 bits per heavy atom. The number of benzene rings is 1. The largest absolute Gasteiger partial charge is 0.449 e. The normalized spacial score (nSPS) is 11.6. The summed E-state index contributed by atoms with van der Waals surface area (Å²) in [6, 6.07) is 4.07. The summed E-state index contributed by atoms with van der Waals surface area (Å²) in [5.41, 5.74) is -0.127. The van der Waals surface area contributed by atoms with Gasteiger partial charge in [0.1, 0.15) is 0 Å². The summed E-state index contributed by atoms with van der Waals surface area (Å²) in [5, 5.41) is 13.5. The second-order valence-corrected chi connectivity index (χ2v) is 4.93. The first kappa shape index (κ1) is 17.0. The highest BCUT2D eigenvalue weighted by Gasteiger charge is 2.21. The Morgan fingerprint density at radius 2 is 2.14 bits per heavy atom. The molecule has 0 fully saturated rings. The molecule has 1 aromatic carbocycles. The van der Waals surface area contributed by atoms with Crippen LogP contribution in [0.4, 0.5) is 5.69 Å². The third-order valence-corrected chi connectivity index (χ3v) is 3.40. The number of nitrogens with one attached hydrogen (secondary N) is 1. The van der Waals surface area contributed by atoms with E-state index < -0.39 is 22.9 Å². The maximum absolute atomic E-state index is 11.9. The van der Waals surface area contributed by atoms with Gasteiger partial charge in [-0.1, -0.05) is 0 Å². The first-order valence-electron chi connectivity index (χ1n) is 6.21. The van der Waals surface area contributed by atoms with Crippen molar-refractivity contribution < 1.29 is 19.2 Å². The number of rotatable bonds is 6. The highest BCUT2D eigenvalue weighted by atomic mass is 32.2. The molecule has 0 saturated heterocycles. The van der Waals surface area contributed by atoms with Gasteiger partial charge < -0.3 is 10.1 Å². The Labute approximate surface area is 126 Å². The van der Waals surface area contributed by atoms with E-state index in [-0.39, 0.29) is 11.3 Å². The smallest absolute Gasteiger partial charge is 0.339 e. The van der Waals surface area contributed by atoms with Crippen molar-refractivity contribution in [1.29, 1.82) is 0 Å². The molecule has 21 heavy (non-hydrogen) atoms. The zero-order valence-corrected chi connectivity index (χ0v) is 12.7. The molecule has 7 nitrogen and oxygen atoms in total. The standard InChI is InChI=1S/C13H16N2O5S/c1-4-14-12(16)8(2)20-13(17)9-5-6-11(21-3)10(7-9)15(18)19/h5-8H,4H2,1-3H3,(H,14,16)/t8-/m1/s1. The maximum Gasteiger partial charge on any atom is 0.339 e. The Balaban J connectivity index is 2.90. The predicted octanol–water partition coefficient (Wildman–Crippen LogP) is 2.00. The summed E-state index contributed by atoms with van der Waals surface area (Å²) in [6.45, 7) is 3.61. The lowest BCUT2D eigenvalue weighted by Gasteiger charge is -2.12. The van der Waals surface area contributed by atoms with Crippen LogP contribution in [0.15, 0.2) is 23.1 Å². The number of amides is 1. The lowest BCUT2D eigenvalue weighted by molar-refractivity contribution is -0.387. The van der Waals surface area contributed by atoms with Gasteiger partial charge in [0, 0.05) is 12.6 Å². The molecule has 0 aliphatic carbocycles. The Bertz CT molecular complexity index is 561. The summed E-state index contributed by atoms with van der Waals surface area (Å²) in [7, 11) is 0. The van der Waals surface area contributed by atoms with Crippen molar-refractivity contribution in [2.45, 2.75) is 24.8 Å². The van der Waals surface area contributed by atoms with Crippen molar-refractivity contribution in [2.75, 3.05) is 12.8 Å². The molecule has 0 heterocycles. The minimum atomic E-state index is -0.961.